The van der Waals surface area contributed by atoms with Crippen molar-refractivity contribution in [3.8, 4) is 22.1 Å². The van der Waals surface area contributed by atoms with Gasteiger partial charge in [0.2, 0.25) is 0 Å². The lowest BCUT2D eigenvalue weighted by Crippen LogP contribution is -1.79. The molecule has 2 aromatic carbocycles. The molecule has 0 fully saturated rings. The lowest BCUT2D eigenvalue weighted by molar-refractivity contribution is 0.452. The third-order valence-electron chi connectivity index (χ3n) is 2.58. The van der Waals surface area contributed by atoms with E-state index in [1.807, 2.05) is 0 Å². The van der Waals surface area contributed by atoms with Crippen LogP contribution in [-0.2, 0) is 0 Å². The monoisotopic (exact) mass is 261 g/mol. The predicted octanol–water partition coefficient (Wildman–Crippen LogP) is 3.51. The molecule has 0 atom stereocenters. The summed E-state index contributed by atoms with van der Waals surface area (Å²) in [5.41, 5.74) is 0.776. The van der Waals surface area contributed by atoms with Gasteiger partial charge in [0.25, 0.3) is 0 Å². The summed E-state index contributed by atoms with van der Waals surface area (Å²) in [4.78, 5) is 4.17. The van der Waals surface area contributed by atoms with Crippen LogP contribution < -0.4 is 0 Å². The van der Waals surface area contributed by atoms with E-state index >= 15 is 0 Å². The highest BCUT2D eigenvalue weighted by molar-refractivity contribution is 7.21. The summed E-state index contributed by atoms with van der Waals surface area (Å²) in [5.74, 6) is -0.480. The number of benzene rings is 2. The van der Waals surface area contributed by atoms with Crippen molar-refractivity contribution < 1.29 is 14.6 Å². The first-order valence-electron chi connectivity index (χ1n) is 5.22. The second-order valence-corrected chi connectivity index (χ2v) is 4.84. The van der Waals surface area contributed by atoms with Crippen LogP contribution in [0.25, 0.3) is 20.8 Å². The van der Waals surface area contributed by atoms with Gasteiger partial charge in [-0.1, -0.05) is 6.07 Å². The number of thiazole rings is 1. The number of halogens is 1. The predicted molar refractivity (Wildman–Crippen MR) is 68.3 cm³/mol. The fraction of sp³-hybridized carbons (Fsp3) is 0. The van der Waals surface area contributed by atoms with Gasteiger partial charge < -0.3 is 10.2 Å². The fourth-order valence-corrected chi connectivity index (χ4v) is 2.75. The molecule has 1 heterocycles. The van der Waals surface area contributed by atoms with Crippen molar-refractivity contribution in [1.29, 1.82) is 0 Å². The van der Waals surface area contributed by atoms with Crippen molar-refractivity contribution >= 4 is 21.6 Å². The molecule has 5 heteroatoms. The molecule has 0 aliphatic carbocycles. The molecule has 18 heavy (non-hydrogen) atoms. The van der Waals surface area contributed by atoms with Gasteiger partial charge >= 0.3 is 0 Å². The van der Waals surface area contributed by atoms with E-state index in [1.165, 1.54) is 29.5 Å². The number of hydrogen-bond acceptors (Lipinski definition) is 4. The Kier molecular flexibility index (Phi) is 2.41. The molecule has 0 saturated heterocycles. The first kappa shape index (κ1) is 11.0. The largest absolute Gasteiger partial charge is 0.508 e. The number of aromatic hydroxyl groups is 2. The minimum atomic E-state index is -0.381. The molecule has 0 aliphatic rings. The third kappa shape index (κ3) is 1.69. The average molecular weight is 261 g/mol. The van der Waals surface area contributed by atoms with Crippen molar-refractivity contribution in [1.82, 2.24) is 4.98 Å². The van der Waals surface area contributed by atoms with Gasteiger partial charge in [-0.15, -0.1) is 11.3 Å². The summed E-state index contributed by atoms with van der Waals surface area (Å²) < 4.78 is 14.2. The molecular weight excluding hydrogens is 253 g/mol. The minimum Gasteiger partial charge on any atom is -0.508 e. The number of phenolic OH excluding ortho intramolecular Hbond substituents is 2. The number of hydrogen-bond donors (Lipinski definition) is 2. The van der Waals surface area contributed by atoms with Crippen molar-refractivity contribution in [3.05, 3.63) is 42.2 Å². The minimum absolute atomic E-state index is 0.0245. The molecule has 0 unspecified atom stereocenters. The highest BCUT2D eigenvalue weighted by Gasteiger charge is 2.12. The van der Waals surface area contributed by atoms with Crippen LogP contribution >= 0.6 is 11.3 Å². The van der Waals surface area contributed by atoms with Crippen molar-refractivity contribution in [2.45, 2.75) is 0 Å². The van der Waals surface area contributed by atoms with Crippen LogP contribution in [0.2, 0.25) is 0 Å². The molecule has 0 spiro atoms. The van der Waals surface area contributed by atoms with E-state index in [2.05, 4.69) is 4.98 Å². The van der Waals surface area contributed by atoms with Crippen LogP contribution in [0.5, 0.6) is 11.5 Å². The van der Waals surface area contributed by atoms with E-state index < -0.39 is 0 Å². The highest BCUT2D eigenvalue weighted by Crippen LogP contribution is 2.37. The SMILES string of the molecule is Oc1ccc(-c2nc3c(F)cccc3s2)c(O)c1. The Balaban J connectivity index is 2.23. The van der Waals surface area contributed by atoms with Crippen LogP contribution in [0.4, 0.5) is 4.39 Å². The lowest BCUT2D eigenvalue weighted by atomic mass is 10.2. The van der Waals surface area contributed by atoms with Crippen molar-refractivity contribution in [2.75, 3.05) is 0 Å². The van der Waals surface area contributed by atoms with Crippen molar-refractivity contribution in [2.24, 2.45) is 0 Å². The zero-order valence-electron chi connectivity index (χ0n) is 9.09. The van der Waals surface area contributed by atoms with Gasteiger partial charge in [-0.05, 0) is 24.3 Å². The van der Waals surface area contributed by atoms with Crippen molar-refractivity contribution in [3.63, 3.8) is 0 Å². The average Bonchev–Trinajstić information content (AvgIpc) is 2.74. The smallest absolute Gasteiger partial charge is 0.150 e. The molecule has 90 valence electrons. The molecule has 0 bridgehead atoms. The summed E-state index contributed by atoms with van der Waals surface area (Å²) in [6.45, 7) is 0. The van der Waals surface area contributed by atoms with Crippen LogP contribution in [0.15, 0.2) is 36.4 Å². The van der Waals surface area contributed by atoms with Gasteiger partial charge in [-0.3, -0.25) is 0 Å². The topological polar surface area (TPSA) is 53.4 Å². The Labute approximate surface area is 106 Å². The number of nitrogens with zero attached hydrogens (tertiary/aromatic N) is 1. The summed E-state index contributed by atoms with van der Waals surface area (Å²) in [6, 6.07) is 8.99. The standard InChI is InChI=1S/C13H8FNO2S/c14-9-2-1-3-11-12(9)15-13(18-11)8-5-4-7(16)6-10(8)17/h1-6,16-17H. The first-order chi connectivity index (χ1) is 8.65. The van der Waals surface area contributed by atoms with Gasteiger partial charge in [0.1, 0.15) is 27.8 Å². The van der Waals surface area contributed by atoms with Gasteiger partial charge in [0.15, 0.2) is 0 Å². The maximum absolute atomic E-state index is 13.5. The van der Waals surface area contributed by atoms with Gasteiger partial charge in [-0.25, -0.2) is 9.37 Å². The molecule has 0 saturated carbocycles. The molecule has 3 rings (SSSR count). The summed E-state index contributed by atoms with van der Waals surface area (Å²) in [5, 5.41) is 19.5. The first-order valence-corrected chi connectivity index (χ1v) is 6.04. The molecule has 0 aliphatic heterocycles. The number of aromatic nitrogens is 1. The van der Waals surface area contributed by atoms with E-state index in [0.29, 0.717) is 16.1 Å². The maximum atomic E-state index is 13.5. The Morgan fingerprint density at radius 2 is 1.94 bits per heavy atom. The zero-order valence-corrected chi connectivity index (χ0v) is 9.91. The number of rotatable bonds is 1. The van der Waals surface area contributed by atoms with Crippen LogP contribution in [0.1, 0.15) is 0 Å². The van der Waals surface area contributed by atoms with E-state index in [1.54, 1.807) is 18.2 Å². The second-order valence-electron chi connectivity index (χ2n) is 3.81. The molecule has 1 aromatic heterocycles. The third-order valence-corrected chi connectivity index (χ3v) is 3.64. The number of para-hydroxylation sites is 1. The van der Waals surface area contributed by atoms with E-state index in [0.717, 1.165) is 4.70 Å². The summed E-state index contributed by atoms with van der Waals surface area (Å²) >= 11 is 1.29. The van der Waals surface area contributed by atoms with Crippen LogP contribution in [0, 0.1) is 5.82 Å². The van der Waals surface area contributed by atoms with E-state index in [-0.39, 0.29) is 17.3 Å². The molecule has 0 radical (unpaired) electrons. The molecular formula is C13H8FNO2S. The van der Waals surface area contributed by atoms with Crippen LogP contribution in [-0.4, -0.2) is 15.2 Å². The summed E-state index contributed by atoms with van der Waals surface area (Å²) in [7, 11) is 0. The van der Waals surface area contributed by atoms with Gasteiger partial charge in [-0.2, -0.15) is 0 Å². The number of phenols is 2. The number of fused-ring (bicyclic) bond motifs is 1. The Morgan fingerprint density at radius 1 is 1.11 bits per heavy atom. The maximum Gasteiger partial charge on any atom is 0.150 e. The van der Waals surface area contributed by atoms with Gasteiger partial charge in [0, 0.05) is 6.07 Å². The molecule has 3 aromatic rings. The normalized spacial score (nSPS) is 10.9. The zero-order chi connectivity index (χ0) is 12.7. The van der Waals surface area contributed by atoms with Gasteiger partial charge in [0.05, 0.1) is 10.3 Å². The molecule has 0 amide bonds. The Morgan fingerprint density at radius 3 is 2.67 bits per heavy atom. The second kappa shape index (κ2) is 3.96. The summed E-state index contributed by atoms with van der Waals surface area (Å²) in [6.07, 6.45) is 0. The molecule has 3 nitrogen and oxygen atoms in total. The lowest BCUT2D eigenvalue weighted by Gasteiger charge is -2.00. The quantitative estimate of drug-likeness (QED) is 0.704. The van der Waals surface area contributed by atoms with E-state index in [4.69, 9.17) is 0 Å². The fourth-order valence-electron chi connectivity index (χ4n) is 1.73. The molecule has 2 N–H and O–H groups in total. The Hall–Kier alpha value is -2.14. The van der Waals surface area contributed by atoms with E-state index in [9.17, 15) is 14.6 Å². The van der Waals surface area contributed by atoms with Crippen LogP contribution in [0.3, 0.4) is 0 Å². The Bertz CT molecular complexity index is 739. The highest BCUT2D eigenvalue weighted by atomic mass is 32.1.